The van der Waals surface area contributed by atoms with Crippen molar-refractivity contribution >= 4 is 23.8 Å². The van der Waals surface area contributed by atoms with Gasteiger partial charge >= 0.3 is 11.9 Å². The van der Waals surface area contributed by atoms with E-state index in [1.165, 1.54) is 0 Å². The summed E-state index contributed by atoms with van der Waals surface area (Å²) in [4.78, 5) is 45.0. The zero-order chi connectivity index (χ0) is 18.2. The van der Waals surface area contributed by atoms with Crippen molar-refractivity contribution in [3.05, 3.63) is 0 Å². The van der Waals surface area contributed by atoms with Gasteiger partial charge in [0, 0.05) is 6.42 Å². The third-order valence-corrected chi connectivity index (χ3v) is 2.88. The largest absolute Gasteiger partial charge is 0.480 e. The molecule has 9 nitrogen and oxygen atoms in total. The summed E-state index contributed by atoms with van der Waals surface area (Å²) in [7, 11) is 0. The topological polar surface area (TPSA) is 159 Å². The summed E-state index contributed by atoms with van der Waals surface area (Å²) in [5.74, 6) is -3.51. The van der Waals surface area contributed by atoms with Crippen molar-refractivity contribution < 1.29 is 29.4 Å². The number of carboxylic acid groups (broad SMARTS) is 2. The van der Waals surface area contributed by atoms with Crippen LogP contribution in [0.1, 0.15) is 40.0 Å². The molecule has 0 aromatic rings. The Balaban J connectivity index is 4.68. The molecule has 0 bridgehead atoms. The first-order valence-electron chi connectivity index (χ1n) is 7.19. The molecule has 0 aromatic heterocycles. The number of nitrogens with two attached hydrogens (primary N) is 1. The quantitative estimate of drug-likeness (QED) is 0.373. The molecular weight excluding hydrogens is 306 g/mol. The highest BCUT2D eigenvalue weighted by atomic mass is 16.4. The van der Waals surface area contributed by atoms with Crippen LogP contribution in [0.15, 0.2) is 0 Å². The van der Waals surface area contributed by atoms with Gasteiger partial charge in [0.15, 0.2) is 0 Å². The molecule has 0 radical (unpaired) electrons. The van der Waals surface area contributed by atoms with E-state index in [-0.39, 0.29) is 18.3 Å². The molecule has 0 rings (SSSR count). The maximum atomic E-state index is 12.0. The number of carbonyl (C=O) groups excluding carboxylic acids is 2. The first-order valence-corrected chi connectivity index (χ1v) is 7.19. The molecule has 0 fully saturated rings. The number of hydrogen-bond donors (Lipinski definition) is 5. The average molecular weight is 331 g/mol. The number of amides is 2. The first-order chi connectivity index (χ1) is 10.4. The lowest BCUT2D eigenvalue weighted by atomic mass is 9.87. The van der Waals surface area contributed by atoms with Gasteiger partial charge in [-0.15, -0.1) is 0 Å². The maximum Gasteiger partial charge on any atom is 0.322 e. The van der Waals surface area contributed by atoms with Gasteiger partial charge in [0.2, 0.25) is 11.8 Å². The second-order valence-electron chi connectivity index (χ2n) is 6.48. The molecular formula is C14H25N3O6. The van der Waals surface area contributed by atoms with Crippen LogP contribution >= 0.6 is 0 Å². The monoisotopic (exact) mass is 331 g/mol. The van der Waals surface area contributed by atoms with Crippen molar-refractivity contribution in [1.29, 1.82) is 0 Å². The van der Waals surface area contributed by atoms with E-state index in [0.717, 1.165) is 0 Å². The van der Waals surface area contributed by atoms with E-state index in [0.29, 0.717) is 6.42 Å². The van der Waals surface area contributed by atoms with Crippen molar-refractivity contribution in [3.8, 4) is 0 Å². The van der Waals surface area contributed by atoms with Crippen molar-refractivity contribution in [2.24, 2.45) is 11.1 Å². The minimum atomic E-state index is -1.21. The fraction of sp³-hybridized carbons (Fsp3) is 0.714. The van der Waals surface area contributed by atoms with E-state index in [2.05, 4.69) is 10.6 Å². The summed E-state index contributed by atoms with van der Waals surface area (Å²) >= 11 is 0. The lowest BCUT2D eigenvalue weighted by Gasteiger charge is -2.26. The van der Waals surface area contributed by atoms with Crippen LogP contribution in [0.5, 0.6) is 0 Å². The van der Waals surface area contributed by atoms with Crippen LogP contribution in [0.25, 0.3) is 0 Å². The fourth-order valence-corrected chi connectivity index (χ4v) is 1.78. The Morgan fingerprint density at radius 1 is 1.13 bits per heavy atom. The highest BCUT2D eigenvalue weighted by Crippen LogP contribution is 2.21. The second-order valence-corrected chi connectivity index (χ2v) is 6.48. The molecule has 0 saturated carbocycles. The van der Waals surface area contributed by atoms with E-state index in [1.54, 1.807) is 0 Å². The highest BCUT2D eigenvalue weighted by molar-refractivity contribution is 5.89. The second kappa shape index (κ2) is 9.09. The molecule has 2 atom stereocenters. The van der Waals surface area contributed by atoms with Gasteiger partial charge in [0.1, 0.15) is 18.6 Å². The van der Waals surface area contributed by atoms with Gasteiger partial charge in [-0.1, -0.05) is 20.8 Å². The Kier molecular flexibility index (Phi) is 8.23. The van der Waals surface area contributed by atoms with Crippen LogP contribution in [0.4, 0.5) is 0 Å². The SMILES string of the molecule is CC(C)(C)C[C@H](NC(=O)CC[C@H](N)C(=O)O)C(=O)NCC(=O)O. The highest BCUT2D eigenvalue weighted by Gasteiger charge is 2.27. The first kappa shape index (κ1) is 20.8. The zero-order valence-corrected chi connectivity index (χ0v) is 13.6. The van der Waals surface area contributed by atoms with Crippen LogP contribution in [-0.2, 0) is 19.2 Å². The van der Waals surface area contributed by atoms with Crippen molar-refractivity contribution in [2.75, 3.05) is 6.54 Å². The third kappa shape index (κ3) is 10.2. The summed E-state index contributed by atoms with van der Waals surface area (Å²) in [5.41, 5.74) is 5.03. The van der Waals surface area contributed by atoms with Crippen LogP contribution in [0.3, 0.4) is 0 Å². The minimum absolute atomic E-state index is 0.0554. The summed E-state index contributed by atoms with van der Waals surface area (Å²) in [6.45, 7) is 5.07. The van der Waals surface area contributed by atoms with Crippen LogP contribution < -0.4 is 16.4 Å². The van der Waals surface area contributed by atoms with Gasteiger partial charge in [-0.25, -0.2) is 0 Å². The normalized spacial score (nSPS) is 13.7. The van der Waals surface area contributed by atoms with Crippen LogP contribution in [-0.4, -0.2) is 52.6 Å². The van der Waals surface area contributed by atoms with E-state index in [1.807, 2.05) is 20.8 Å². The maximum absolute atomic E-state index is 12.0. The third-order valence-electron chi connectivity index (χ3n) is 2.88. The Bertz CT molecular complexity index is 458. The summed E-state index contributed by atoms with van der Waals surface area (Å²) in [5, 5.41) is 22.0. The van der Waals surface area contributed by atoms with E-state index < -0.39 is 42.4 Å². The molecule has 9 heteroatoms. The number of hydrogen-bond acceptors (Lipinski definition) is 5. The minimum Gasteiger partial charge on any atom is -0.480 e. The zero-order valence-electron chi connectivity index (χ0n) is 13.6. The Labute approximate surface area is 134 Å². The Morgan fingerprint density at radius 3 is 2.13 bits per heavy atom. The lowest BCUT2D eigenvalue weighted by Crippen LogP contribution is -2.49. The van der Waals surface area contributed by atoms with Crippen molar-refractivity contribution in [3.63, 3.8) is 0 Å². The Morgan fingerprint density at radius 2 is 1.70 bits per heavy atom. The van der Waals surface area contributed by atoms with Gasteiger partial charge in [-0.3, -0.25) is 19.2 Å². The summed E-state index contributed by atoms with van der Waals surface area (Å²) < 4.78 is 0. The predicted octanol–water partition coefficient (Wildman–Crippen LogP) is -0.700. The van der Waals surface area contributed by atoms with Crippen LogP contribution in [0, 0.1) is 5.41 Å². The smallest absolute Gasteiger partial charge is 0.322 e. The van der Waals surface area contributed by atoms with E-state index in [9.17, 15) is 19.2 Å². The van der Waals surface area contributed by atoms with Crippen molar-refractivity contribution in [1.82, 2.24) is 10.6 Å². The summed E-state index contributed by atoms with van der Waals surface area (Å²) in [6.07, 6.45) is 0.107. The molecule has 23 heavy (non-hydrogen) atoms. The van der Waals surface area contributed by atoms with Crippen LogP contribution in [0.2, 0.25) is 0 Å². The van der Waals surface area contributed by atoms with E-state index in [4.69, 9.17) is 15.9 Å². The lowest BCUT2D eigenvalue weighted by molar-refractivity contribution is -0.139. The molecule has 0 aromatic carbocycles. The van der Waals surface area contributed by atoms with Gasteiger partial charge < -0.3 is 26.6 Å². The van der Waals surface area contributed by atoms with Gasteiger partial charge in [0.25, 0.3) is 0 Å². The molecule has 0 aliphatic rings. The van der Waals surface area contributed by atoms with Gasteiger partial charge in [0.05, 0.1) is 0 Å². The van der Waals surface area contributed by atoms with Gasteiger partial charge in [-0.05, 0) is 18.3 Å². The molecule has 0 spiro atoms. The van der Waals surface area contributed by atoms with Gasteiger partial charge in [-0.2, -0.15) is 0 Å². The summed E-state index contributed by atoms with van der Waals surface area (Å²) in [6, 6.07) is -2.05. The molecule has 0 heterocycles. The van der Waals surface area contributed by atoms with Crippen molar-refractivity contribution in [2.45, 2.75) is 52.1 Å². The molecule has 0 unspecified atom stereocenters. The fourth-order valence-electron chi connectivity index (χ4n) is 1.78. The molecule has 6 N–H and O–H groups in total. The standard InChI is InChI=1S/C14H25N3O6/c1-14(2,3)6-9(12(21)16-7-11(19)20)17-10(18)5-4-8(15)13(22)23/h8-9H,4-7,15H2,1-3H3,(H,16,21)(H,17,18)(H,19,20)(H,22,23)/t8-,9-/m0/s1. The molecule has 132 valence electrons. The Hall–Kier alpha value is -2.16. The number of rotatable bonds is 9. The molecule has 0 aliphatic carbocycles. The number of carboxylic acids is 2. The molecule has 2 amide bonds. The van der Waals surface area contributed by atoms with E-state index >= 15 is 0 Å². The molecule has 0 aliphatic heterocycles. The molecule has 0 saturated heterocycles. The number of aliphatic carboxylic acids is 2. The number of carbonyl (C=O) groups is 4. The number of nitrogens with one attached hydrogen (secondary N) is 2. The average Bonchev–Trinajstić information content (AvgIpc) is 2.39. The predicted molar refractivity (Wildman–Crippen MR) is 81.5 cm³/mol.